The van der Waals surface area contributed by atoms with E-state index >= 15 is 0 Å². The summed E-state index contributed by atoms with van der Waals surface area (Å²) in [6.07, 6.45) is 2.03. The molecule has 0 radical (unpaired) electrons. The van der Waals surface area contributed by atoms with E-state index in [9.17, 15) is 9.59 Å². The van der Waals surface area contributed by atoms with E-state index in [0.717, 1.165) is 4.90 Å². The van der Waals surface area contributed by atoms with Crippen LogP contribution in [0, 0.1) is 0 Å². The van der Waals surface area contributed by atoms with Crippen molar-refractivity contribution in [3.63, 3.8) is 0 Å². The van der Waals surface area contributed by atoms with Crippen LogP contribution in [0.5, 0.6) is 0 Å². The summed E-state index contributed by atoms with van der Waals surface area (Å²) in [5.41, 5.74) is 0. The smallest absolute Gasteiger partial charge is 0.332 e. The molecule has 0 aromatic heterocycles. The van der Waals surface area contributed by atoms with Gasteiger partial charge in [-0.1, -0.05) is 36.0 Å². The number of esters is 1. The van der Waals surface area contributed by atoms with Crippen LogP contribution < -0.4 is 5.32 Å². The molecule has 5 heteroatoms. The molecule has 1 aromatic rings. The first-order valence-corrected chi connectivity index (χ1v) is 6.99. The molecule has 1 atom stereocenters. The largest absolute Gasteiger partial charge is 0.449 e. The summed E-state index contributed by atoms with van der Waals surface area (Å²) in [4.78, 5) is 24.0. The average Bonchev–Trinajstić information content (AvgIpc) is 2.45. The van der Waals surface area contributed by atoms with E-state index in [4.69, 9.17) is 4.74 Å². The maximum atomic E-state index is 11.5. The van der Waals surface area contributed by atoms with Gasteiger partial charge in [0.2, 0.25) is 0 Å². The fourth-order valence-corrected chi connectivity index (χ4v) is 1.90. The molecule has 0 aliphatic carbocycles. The lowest BCUT2D eigenvalue weighted by Gasteiger charge is -2.10. The van der Waals surface area contributed by atoms with Crippen LogP contribution in [-0.2, 0) is 14.3 Å². The summed E-state index contributed by atoms with van der Waals surface area (Å²) >= 11 is 1.40. The third-order valence-electron chi connectivity index (χ3n) is 2.23. The average molecular weight is 291 g/mol. The highest BCUT2D eigenvalue weighted by atomic mass is 32.2. The molecule has 0 unspecified atom stereocenters. The quantitative estimate of drug-likeness (QED) is 0.363. The van der Waals surface area contributed by atoms with Crippen LogP contribution in [0.3, 0.4) is 0 Å². The van der Waals surface area contributed by atoms with Crippen LogP contribution >= 0.6 is 11.8 Å². The molecule has 20 heavy (non-hydrogen) atoms. The first-order chi connectivity index (χ1) is 9.63. The molecule has 0 saturated heterocycles. The Morgan fingerprint density at radius 1 is 1.40 bits per heavy atom. The molecular formula is C15H17NO3S. The Labute approximate surface area is 122 Å². The Hall–Kier alpha value is -2.01. The number of thioether (sulfide) groups is 1. The van der Waals surface area contributed by atoms with Gasteiger partial charge < -0.3 is 10.1 Å². The Kier molecular flexibility index (Phi) is 7.21. The van der Waals surface area contributed by atoms with Gasteiger partial charge in [0.15, 0.2) is 6.10 Å². The Morgan fingerprint density at radius 3 is 2.75 bits per heavy atom. The van der Waals surface area contributed by atoms with Crippen molar-refractivity contribution in [2.24, 2.45) is 0 Å². The lowest BCUT2D eigenvalue weighted by molar-refractivity contribution is -0.150. The maximum absolute atomic E-state index is 11.5. The van der Waals surface area contributed by atoms with Crippen molar-refractivity contribution < 1.29 is 14.3 Å². The molecule has 4 nitrogen and oxygen atoms in total. The number of rotatable bonds is 7. The molecule has 1 aromatic carbocycles. The molecule has 0 spiro atoms. The van der Waals surface area contributed by atoms with E-state index in [1.165, 1.54) is 24.8 Å². The number of amides is 1. The molecule has 0 aliphatic heterocycles. The van der Waals surface area contributed by atoms with Crippen LogP contribution in [0.1, 0.15) is 6.92 Å². The van der Waals surface area contributed by atoms with E-state index in [1.807, 2.05) is 30.3 Å². The zero-order valence-electron chi connectivity index (χ0n) is 11.2. The fourth-order valence-electron chi connectivity index (χ4n) is 1.25. The second-order valence-electron chi connectivity index (χ2n) is 3.85. The van der Waals surface area contributed by atoms with Crippen LogP contribution in [0.2, 0.25) is 0 Å². The number of benzene rings is 1. The summed E-state index contributed by atoms with van der Waals surface area (Å²) in [6.45, 7) is 5.36. The van der Waals surface area contributed by atoms with Crippen molar-refractivity contribution in [1.29, 1.82) is 0 Å². The molecular weight excluding hydrogens is 274 g/mol. The number of nitrogens with one attached hydrogen (secondary N) is 1. The van der Waals surface area contributed by atoms with Crippen molar-refractivity contribution in [2.75, 3.05) is 6.54 Å². The minimum atomic E-state index is -0.825. The van der Waals surface area contributed by atoms with Gasteiger partial charge in [-0.25, -0.2) is 4.79 Å². The lowest BCUT2D eigenvalue weighted by atomic mass is 10.3. The van der Waals surface area contributed by atoms with Gasteiger partial charge in [0.25, 0.3) is 5.91 Å². The van der Waals surface area contributed by atoms with Crippen LogP contribution in [0.25, 0.3) is 0 Å². The number of carbonyl (C=O) groups is 2. The minimum Gasteiger partial charge on any atom is -0.449 e. The molecule has 1 N–H and O–H groups in total. The summed E-state index contributed by atoms with van der Waals surface area (Å²) in [7, 11) is 0. The van der Waals surface area contributed by atoms with Gasteiger partial charge in [0.05, 0.1) is 0 Å². The molecule has 0 heterocycles. The van der Waals surface area contributed by atoms with E-state index in [-0.39, 0.29) is 5.91 Å². The summed E-state index contributed by atoms with van der Waals surface area (Å²) < 4.78 is 4.96. The second kappa shape index (κ2) is 8.98. The highest BCUT2D eigenvalue weighted by Crippen LogP contribution is 2.17. The molecule has 0 saturated carbocycles. The van der Waals surface area contributed by atoms with Crippen molar-refractivity contribution in [3.05, 3.63) is 54.5 Å². The van der Waals surface area contributed by atoms with Gasteiger partial charge in [-0.3, -0.25) is 4.79 Å². The Bertz CT molecular complexity index is 485. The van der Waals surface area contributed by atoms with Crippen molar-refractivity contribution in [1.82, 2.24) is 5.32 Å². The van der Waals surface area contributed by atoms with Gasteiger partial charge in [0.1, 0.15) is 0 Å². The first kappa shape index (κ1) is 16.0. The molecule has 106 valence electrons. The normalized spacial score (nSPS) is 11.8. The van der Waals surface area contributed by atoms with Crippen LogP contribution in [0.15, 0.2) is 59.4 Å². The molecule has 0 fully saturated rings. The summed E-state index contributed by atoms with van der Waals surface area (Å²) in [5.74, 6) is -0.892. The third kappa shape index (κ3) is 6.24. The number of ether oxygens (including phenoxy) is 1. The van der Waals surface area contributed by atoms with Crippen molar-refractivity contribution in [2.45, 2.75) is 17.9 Å². The number of carbonyl (C=O) groups excluding carboxylic acids is 2. The molecule has 1 rings (SSSR count). The topological polar surface area (TPSA) is 55.4 Å². The summed E-state index contributed by atoms with van der Waals surface area (Å²) in [6, 6.07) is 9.63. The monoisotopic (exact) mass is 291 g/mol. The highest BCUT2D eigenvalue weighted by molar-refractivity contribution is 8.02. The summed E-state index contributed by atoms with van der Waals surface area (Å²) in [5, 5.41) is 4.19. The lowest BCUT2D eigenvalue weighted by Crippen LogP contribution is -2.35. The maximum Gasteiger partial charge on any atom is 0.332 e. The van der Waals surface area contributed by atoms with Crippen LogP contribution in [0.4, 0.5) is 0 Å². The van der Waals surface area contributed by atoms with Gasteiger partial charge in [0, 0.05) is 17.5 Å². The Balaban J connectivity index is 2.35. The van der Waals surface area contributed by atoms with Crippen molar-refractivity contribution in [3.8, 4) is 0 Å². The second-order valence-corrected chi connectivity index (χ2v) is 4.83. The van der Waals surface area contributed by atoms with Gasteiger partial charge in [-0.05, 0) is 24.5 Å². The number of hydrogen-bond acceptors (Lipinski definition) is 4. The highest BCUT2D eigenvalue weighted by Gasteiger charge is 2.15. The van der Waals surface area contributed by atoms with E-state index in [2.05, 4.69) is 11.9 Å². The Morgan fingerprint density at radius 2 is 2.10 bits per heavy atom. The standard InChI is InChI=1S/C15H17NO3S/c1-3-10-16-15(18)12(2)19-14(17)9-11-20-13-7-5-4-6-8-13/h3-9,11-12H,1,10H2,2H3,(H,16,18)/b11-9+/t12-/m0/s1. The predicted octanol–water partition coefficient (Wildman–Crippen LogP) is 2.53. The van der Waals surface area contributed by atoms with E-state index < -0.39 is 12.1 Å². The predicted molar refractivity (Wildman–Crippen MR) is 80.2 cm³/mol. The van der Waals surface area contributed by atoms with E-state index in [0.29, 0.717) is 6.54 Å². The van der Waals surface area contributed by atoms with Gasteiger partial charge in [-0.15, -0.1) is 6.58 Å². The molecule has 1 amide bonds. The van der Waals surface area contributed by atoms with Crippen LogP contribution in [-0.4, -0.2) is 24.5 Å². The van der Waals surface area contributed by atoms with Crippen molar-refractivity contribution >= 4 is 23.6 Å². The van der Waals surface area contributed by atoms with E-state index in [1.54, 1.807) is 11.5 Å². The van der Waals surface area contributed by atoms with Gasteiger partial charge in [-0.2, -0.15) is 0 Å². The zero-order chi connectivity index (χ0) is 14.8. The fraction of sp³-hybridized carbons (Fsp3) is 0.200. The first-order valence-electron chi connectivity index (χ1n) is 6.11. The molecule has 0 aliphatic rings. The number of hydrogen-bond donors (Lipinski definition) is 1. The zero-order valence-corrected chi connectivity index (χ0v) is 12.1. The minimum absolute atomic E-state index is 0.345. The van der Waals surface area contributed by atoms with Gasteiger partial charge >= 0.3 is 5.97 Å². The molecule has 0 bridgehead atoms. The SMILES string of the molecule is C=CCNC(=O)[C@H](C)OC(=O)/C=C/Sc1ccccc1. The third-order valence-corrected chi connectivity index (χ3v) is 3.05.